The summed E-state index contributed by atoms with van der Waals surface area (Å²) in [6.07, 6.45) is 0. The van der Waals surface area contributed by atoms with E-state index in [0.29, 0.717) is 0 Å². The van der Waals surface area contributed by atoms with Crippen molar-refractivity contribution in [1.82, 2.24) is 0 Å². The SMILES string of the molecule is CC1(C)c2cccc3ccc4cc(-c5ccc(-c6ccc(N(c7ccccc7)c7ccc(-c8ccc(N(c9ccccc9)c9ccccc9)cc8)cc7)cc6)cc5)cc1c4c23. The van der Waals surface area contributed by atoms with Crippen molar-refractivity contribution in [3.05, 3.63) is 242 Å². The zero-order chi connectivity index (χ0) is 40.9. The molecule has 0 radical (unpaired) electrons. The van der Waals surface area contributed by atoms with Gasteiger partial charge < -0.3 is 9.80 Å². The molecule has 0 unspecified atom stereocenters. The van der Waals surface area contributed by atoms with Crippen LogP contribution in [0.5, 0.6) is 0 Å². The molecule has 0 atom stereocenters. The minimum Gasteiger partial charge on any atom is -0.311 e. The molecule has 10 aromatic rings. The maximum absolute atomic E-state index is 2.43. The van der Waals surface area contributed by atoms with E-state index in [2.05, 4.69) is 254 Å². The van der Waals surface area contributed by atoms with Gasteiger partial charge >= 0.3 is 0 Å². The van der Waals surface area contributed by atoms with Crippen molar-refractivity contribution in [2.75, 3.05) is 9.80 Å². The van der Waals surface area contributed by atoms with Crippen molar-refractivity contribution >= 4 is 55.7 Å². The smallest absolute Gasteiger partial charge is 0.0462 e. The molecule has 290 valence electrons. The first-order chi connectivity index (χ1) is 30.0. The summed E-state index contributed by atoms with van der Waals surface area (Å²) in [4.78, 5) is 4.62. The summed E-state index contributed by atoms with van der Waals surface area (Å²) in [5, 5.41) is 5.49. The minimum absolute atomic E-state index is 0.0317. The summed E-state index contributed by atoms with van der Waals surface area (Å²) < 4.78 is 0. The van der Waals surface area contributed by atoms with Crippen LogP contribution >= 0.6 is 0 Å². The Labute approximate surface area is 358 Å². The van der Waals surface area contributed by atoms with E-state index in [1.807, 2.05) is 0 Å². The summed E-state index contributed by atoms with van der Waals surface area (Å²) in [7, 11) is 0. The number of hydrogen-bond acceptors (Lipinski definition) is 2. The van der Waals surface area contributed by atoms with Gasteiger partial charge in [-0.3, -0.25) is 0 Å². The summed E-state index contributed by atoms with van der Waals surface area (Å²) in [6, 6.07) is 83.6. The van der Waals surface area contributed by atoms with E-state index in [-0.39, 0.29) is 5.41 Å². The van der Waals surface area contributed by atoms with Crippen LogP contribution in [-0.4, -0.2) is 0 Å². The Hall–Kier alpha value is -7.68. The van der Waals surface area contributed by atoms with Crippen molar-refractivity contribution in [2.24, 2.45) is 0 Å². The number of hydrogen-bond donors (Lipinski definition) is 0. The highest BCUT2D eigenvalue weighted by molar-refractivity contribution is 6.15. The van der Waals surface area contributed by atoms with Crippen LogP contribution < -0.4 is 9.80 Å². The number of benzene rings is 10. The normalized spacial score (nSPS) is 12.6. The van der Waals surface area contributed by atoms with Gasteiger partial charge in [0.1, 0.15) is 0 Å². The fraction of sp³-hybridized carbons (Fsp3) is 0.0508. The Balaban J connectivity index is 0.856. The zero-order valence-electron chi connectivity index (χ0n) is 34.3. The van der Waals surface area contributed by atoms with Gasteiger partial charge in [0.25, 0.3) is 0 Å². The molecule has 0 fully saturated rings. The van der Waals surface area contributed by atoms with Crippen molar-refractivity contribution in [2.45, 2.75) is 19.3 Å². The lowest BCUT2D eigenvalue weighted by molar-refractivity contribution is 0.663. The molecule has 0 aromatic heterocycles. The second-order valence-electron chi connectivity index (χ2n) is 16.6. The highest BCUT2D eigenvalue weighted by atomic mass is 15.1. The fourth-order valence-corrected chi connectivity index (χ4v) is 9.46. The number of anilines is 6. The highest BCUT2D eigenvalue weighted by Crippen LogP contribution is 2.50. The average Bonchev–Trinajstić information content (AvgIpc) is 3.56. The van der Waals surface area contributed by atoms with E-state index in [9.17, 15) is 0 Å². The highest BCUT2D eigenvalue weighted by Gasteiger charge is 2.34. The number of para-hydroxylation sites is 3. The third-order valence-electron chi connectivity index (χ3n) is 12.6. The lowest BCUT2D eigenvalue weighted by Crippen LogP contribution is -2.15. The second kappa shape index (κ2) is 14.9. The van der Waals surface area contributed by atoms with Gasteiger partial charge in [0.2, 0.25) is 0 Å². The van der Waals surface area contributed by atoms with Crippen LogP contribution in [0, 0.1) is 0 Å². The van der Waals surface area contributed by atoms with Gasteiger partial charge in [-0.15, -0.1) is 0 Å². The van der Waals surface area contributed by atoms with Crippen LogP contribution in [0.15, 0.2) is 231 Å². The summed E-state index contributed by atoms with van der Waals surface area (Å²) in [6.45, 7) is 4.74. The standard InChI is InChI=1S/C59H44N2/c1-59(2)55-20-12-13-46-25-26-47-39-48(40-56(59)58(47)57(46)55)45-23-21-41(22-24-45)42-27-35-53(36-28-42)61(51-18-10-5-11-19-51)54-37-31-44(32-38-54)43-29-33-52(34-30-43)60(49-14-6-3-7-15-49)50-16-8-4-9-17-50/h3-40H,1-2H3. The molecule has 0 N–H and O–H groups in total. The maximum Gasteiger partial charge on any atom is 0.0462 e. The van der Waals surface area contributed by atoms with Crippen LogP contribution in [0.1, 0.15) is 25.0 Å². The van der Waals surface area contributed by atoms with Crippen molar-refractivity contribution in [3.63, 3.8) is 0 Å². The molecule has 1 aliphatic rings. The topological polar surface area (TPSA) is 6.48 Å². The Morgan fingerprint density at radius 3 is 1.03 bits per heavy atom. The first-order valence-corrected chi connectivity index (χ1v) is 21.2. The molecule has 11 rings (SSSR count). The second-order valence-corrected chi connectivity index (χ2v) is 16.6. The summed E-state index contributed by atoms with van der Waals surface area (Å²) in [5.41, 5.74) is 16.8. The lowest BCUT2D eigenvalue weighted by Gasteiger charge is -2.26. The van der Waals surface area contributed by atoms with Gasteiger partial charge in [-0.25, -0.2) is 0 Å². The molecule has 10 aromatic carbocycles. The van der Waals surface area contributed by atoms with E-state index in [4.69, 9.17) is 0 Å². The Morgan fingerprint density at radius 2 is 0.607 bits per heavy atom. The van der Waals surface area contributed by atoms with E-state index in [1.165, 1.54) is 66.1 Å². The minimum atomic E-state index is -0.0317. The van der Waals surface area contributed by atoms with Crippen LogP contribution in [-0.2, 0) is 5.41 Å². The van der Waals surface area contributed by atoms with Gasteiger partial charge in [-0.2, -0.15) is 0 Å². The number of nitrogens with zero attached hydrogens (tertiary/aromatic N) is 2. The molecule has 0 amide bonds. The Bertz CT molecular complexity index is 3110. The molecular weight excluding hydrogens is 737 g/mol. The molecule has 0 saturated heterocycles. The van der Waals surface area contributed by atoms with Crippen molar-refractivity contribution < 1.29 is 0 Å². The van der Waals surface area contributed by atoms with E-state index < -0.39 is 0 Å². The molecule has 0 aliphatic heterocycles. The molecule has 2 nitrogen and oxygen atoms in total. The van der Waals surface area contributed by atoms with Crippen LogP contribution in [0.3, 0.4) is 0 Å². The van der Waals surface area contributed by atoms with E-state index in [1.54, 1.807) is 0 Å². The van der Waals surface area contributed by atoms with E-state index >= 15 is 0 Å². The van der Waals surface area contributed by atoms with Crippen LogP contribution in [0.4, 0.5) is 34.1 Å². The molecule has 1 aliphatic carbocycles. The van der Waals surface area contributed by atoms with Crippen molar-refractivity contribution in [1.29, 1.82) is 0 Å². The predicted octanol–water partition coefficient (Wildman–Crippen LogP) is 16.6. The molecule has 0 saturated carbocycles. The van der Waals surface area contributed by atoms with E-state index in [0.717, 1.165) is 34.1 Å². The Kier molecular flexibility index (Phi) is 8.86. The average molecular weight is 781 g/mol. The molecule has 0 bridgehead atoms. The van der Waals surface area contributed by atoms with Gasteiger partial charge in [-0.05, 0) is 151 Å². The molecular formula is C59H44N2. The van der Waals surface area contributed by atoms with Gasteiger partial charge in [-0.1, -0.05) is 159 Å². The molecule has 61 heavy (non-hydrogen) atoms. The summed E-state index contributed by atoms with van der Waals surface area (Å²) >= 11 is 0. The molecule has 0 spiro atoms. The first kappa shape index (κ1) is 36.4. The quantitative estimate of drug-likeness (QED) is 0.135. The largest absolute Gasteiger partial charge is 0.311 e. The van der Waals surface area contributed by atoms with Gasteiger partial charge in [0.15, 0.2) is 0 Å². The number of rotatable bonds is 9. The van der Waals surface area contributed by atoms with Crippen LogP contribution in [0.25, 0.3) is 54.9 Å². The molecule has 0 heterocycles. The summed E-state index contributed by atoms with van der Waals surface area (Å²) in [5.74, 6) is 0. The van der Waals surface area contributed by atoms with Crippen molar-refractivity contribution in [3.8, 4) is 33.4 Å². The lowest BCUT2D eigenvalue weighted by atomic mass is 9.81. The first-order valence-electron chi connectivity index (χ1n) is 21.2. The van der Waals surface area contributed by atoms with Gasteiger partial charge in [0, 0.05) is 39.5 Å². The van der Waals surface area contributed by atoms with Crippen LogP contribution in [0.2, 0.25) is 0 Å². The van der Waals surface area contributed by atoms with Gasteiger partial charge in [0.05, 0.1) is 0 Å². The Morgan fingerprint density at radius 1 is 0.262 bits per heavy atom. The third-order valence-corrected chi connectivity index (χ3v) is 12.6. The molecule has 2 heteroatoms. The zero-order valence-corrected chi connectivity index (χ0v) is 34.3. The maximum atomic E-state index is 2.43. The predicted molar refractivity (Wildman–Crippen MR) is 259 cm³/mol. The third kappa shape index (κ3) is 6.45. The monoisotopic (exact) mass is 780 g/mol. The fourth-order valence-electron chi connectivity index (χ4n) is 9.46.